The van der Waals surface area contributed by atoms with Gasteiger partial charge in [-0.2, -0.15) is 11.8 Å². The summed E-state index contributed by atoms with van der Waals surface area (Å²) in [5, 5.41) is 2.81. The molecule has 0 aliphatic heterocycles. The van der Waals surface area contributed by atoms with Crippen molar-refractivity contribution in [2.75, 3.05) is 18.6 Å². The first-order valence-corrected chi connectivity index (χ1v) is 12.2. The number of carbonyl (C=O) groups is 3. The zero-order valence-electron chi connectivity index (χ0n) is 18.1. The number of carbonyl (C=O) groups excluding carboxylic acids is 3. The summed E-state index contributed by atoms with van der Waals surface area (Å²) in [6.45, 7) is 3.52. The van der Waals surface area contributed by atoms with Crippen LogP contribution in [0.4, 0.5) is 0 Å². The second-order valence-electron chi connectivity index (χ2n) is 7.27. The van der Waals surface area contributed by atoms with Crippen molar-refractivity contribution >= 4 is 40.5 Å². The Bertz CT molecular complexity index is 856. The van der Waals surface area contributed by atoms with Crippen LogP contribution in [0.15, 0.2) is 54.6 Å². The van der Waals surface area contributed by atoms with E-state index in [0.717, 1.165) is 28.6 Å². The fourth-order valence-corrected chi connectivity index (χ4v) is 4.63. The molecule has 0 saturated carbocycles. The Balaban J connectivity index is 2.00. The highest BCUT2D eigenvalue weighted by Gasteiger charge is 2.27. The highest BCUT2D eigenvalue weighted by molar-refractivity contribution is 8.13. The van der Waals surface area contributed by atoms with E-state index in [1.807, 2.05) is 37.3 Å². The summed E-state index contributed by atoms with van der Waals surface area (Å²) in [6, 6.07) is 17.1. The van der Waals surface area contributed by atoms with Gasteiger partial charge in [0.2, 0.25) is 5.91 Å². The van der Waals surface area contributed by atoms with Crippen LogP contribution >= 0.6 is 23.5 Å². The summed E-state index contributed by atoms with van der Waals surface area (Å²) in [7, 11) is 1.32. The Morgan fingerprint density at radius 1 is 0.968 bits per heavy atom. The van der Waals surface area contributed by atoms with Crippen LogP contribution in [-0.2, 0) is 31.3 Å². The minimum atomic E-state index is -0.742. The lowest BCUT2D eigenvalue weighted by Crippen LogP contribution is -2.46. The van der Waals surface area contributed by atoms with E-state index < -0.39 is 17.9 Å². The number of rotatable bonds is 11. The third kappa shape index (κ3) is 9.19. The summed E-state index contributed by atoms with van der Waals surface area (Å²) in [5.74, 6) is 0.360. The maximum atomic E-state index is 13.0. The molecule has 7 heteroatoms. The molecule has 0 aliphatic carbocycles. The van der Waals surface area contributed by atoms with Gasteiger partial charge in [-0.25, -0.2) is 4.79 Å². The molecule has 5 nitrogen and oxygen atoms in total. The Hall–Kier alpha value is -2.25. The monoisotopic (exact) mass is 459 g/mol. The molecule has 2 atom stereocenters. The number of amides is 1. The van der Waals surface area contributed by atoms with Crippen LogP contribution in [0.1, 0.15) is 23.6 Å². The predicted octanol–water partition coefficient (Wildman–Crippen LogP) is 4.02. The summed E-state index contributed by atoms with van der Waals surface area (Å²) < 4.78 is 4.90. The lowest BCUT2D eigenvalue weighted by Gasteiger charge is -2.21. The normalized spacial score (nSPS) is 12.6. The lowest BCUT2D eigenvalue weighted by molar-refractivity contribution is -0.144. The van der Waals surface area contributed by atoms with Gasteiger partial charge in [0.25, 0.3) is 0 Å². The van der Waals surface area contributed by atoms with Crippen molar-refractivity contribution in [3.05, 3.63) is 71.3 Å². The molecule has 1 amide bonds. The first-order valence-electron chi connectivity index (χ1n) is 10.1. The highest BCUT2D eigenvalue weighted by Crippen LogP contribution is 2.18. The van der Waals surface area contributed by atoms with E-state index in [2.05, 4.69) is 29.6 Å². The van der Waals surface area contributed by atoms with Crippen molar-refractivity contribution in [1.29, 1.82) is 0 Å². The predicted molar refractivity (Wildman–Crippen MR) is 128 cm³/mol. The minimum absolute atomic E-state index is 0.0379. The number of ether oxygens (including phenoxy) is 1. The van der Waals surface area contributed by atoms with Crippen LogP contribution in [0.5, 0.6) is 0 Å². The van der Waals surface area contributed by atoms with Crippen LogP contribution in [0.25, 0.3) is 0 Å². The molecular weight excluding hydrogens is 430 g/mol. The fourth-order valence-electron chi connectivity index (χ4n) is 2.92. The first-order chi connectivity index (χ1) is 14.9. The number of benzene rings is 2. The lowest BCUT2D eigenvalue weighted by atomic mass is 10.00. The molecule has 0 aliphatic rings. The van der Waals surface area contributed by atoms with Crippen LogP contribution in [0.2, 0.25) is 0 Å². The molecule has 0 radical (unpaired) electrons. The van der Waals surface area contributed by atoms with E-state index in [9.17, 15) is 14.4 Å². The van der Waals surface area contributed by atoms with Gasteiger partial charge < -0.3 is 10.1 Å². The zero-order valence-corrected chi connectivity index (χ0v) is 19.8. The van der Waals surface area contributed by atoms with Crippen molar-refractivity contribution in [2.45, 2.75) is 32.1 Å². The third-order valence-electron chi connectivity index (χ3n) is 4.66. The second-order valence-corrected chi connectivity index (χ2v) is 9.50. The molecular formula is C24H29NO4S2. The van der Waals surface area contributed by atoms with Crippen LogP contribution in [0.3, 0.4) is 0 Å². The van der Waals surface area contributed by atoms with Gasteiger partial charge in [0.05, 0.1) is 13.0 Å². The Kier molecular flexibility index (Phi) is 10.7. The van der Waals surface area contributed by atoms with Gasteiger partial charge in [-0.3, -0.25) is 9.59 Å². The largest absolute Gasteiger partial charge is 0.467 e. The van der Waals surface area contributed by atoms with Crippen molar-refractivity contribution in [3.63, 3.8) is 0 Å². The van der Waals surface area contributed by atoms with Crippen molar-refractivity contribution in [3.8, 4) is 0 Å². The molecule has 0 spiro atoms. The van der Waals surface area contributed by atoms with Gasteiger partial charge in [-0.1, -0.05) is 71.9 Å². The number of methoxy groups -OCH3 is 1. The number of nitrogens with one attached hydrogen (secondary N) is 1. The molecule has 2 aromatic carbocycles. The molecule has 0 heterocycles. The van der Waals surface area contributed by atoms with E-state index >= 15 is 0 Å². The van der Waals surface area contributed by atoms with Crippen LogP contribution in [-0.4, -0.2) is 41.6 Å². The number of hydrogen-bond donors (Lipinski definition) is 1. The van der Waals surface area contributed by atoms with E-state index in [1.54, 1.807) is 11.8 Å². The zero-order chi connectivity index (χ0) is 22.6. The van der Waals surface area contributed by atoms with E-state index in [4.69, 9.17) is 4.74 Å². The highest BCUT2D eigenvalue weighted by atomic mass is 32.2. The maximum Gasteiger partial charge on any atom is 0.329 e. The first kappa shape index (κ1) is 25.0. The Morgan fingerprint density at radius 2 is 1.65 bits per heavy atom. The molecule has 0 saturated heterocycles. The molecule has 0 bridgehead atoms. The van der Waals surface area contributed by atoms with E-state index in [-0.39, 0.29) is 11.0 Å². The molecule has 1 N–H and O–H groups in total. The SMILES string of the molecule is COC(=O)[C@H](CSCc1ccc(C)cc1)NC(=O)[C@H](CSC(C)=O)Cc1ccccc1. The molecule has 31 heavy (non-hydrogen) atoms. The van der Waals surface area contributed by atoms with Gasteiger partial charge >= 0.3 is 5.97 Å². The summed E-state index contributed by atoms with van der Waals surface area (Å²) in [5.41, 5.74) is 3.36. The van der Waals surface area contributed by atoms with Gasteiger partial charge in [-0.15, -0.1) is 0 Å². The van der Waals surface area contributed by atoms with Gasteiger partial charge in [-0.05, 0) is 24.5 Å². The van der Waals surface area contributed by atoms with Crippen molar-refractivity contribution in [1.82, 2.24) is 5.32 Å². The number of aryl methyl sites for hydroxylation is 1. The Labute approximate surface area is 192 Å². The van der Waals surface area contributed by atoms with Crippen molar-refractivity contribution < 1.29 is 19.1 Å². The second kappa shape index (κ2) is 13.2. The molecule has 166 valence electrons. The van der Waals surface area contributed by atoms with Gasteiger partial charge in [0.1, 0.15) is 6.04 Å². The standard InChI is InChI=1S/C24H29NO4S2/c1-17-9-11-20(12-10-17)14-30-16-22(24(28)29-3)25-23(27)21(15-31-18(2)26)13-19-7-5-4-6-8-19/h4-12,21-22H,13-16H2,1-3H3,(H,25,27)/t21-,22-/m0/s1. The fraction of sp³-hybridized carbons (Fsp3) is 0.375. The average molecular weight is 460 g/mol. The minimum Gasteiger partial charge on any atom is -0.467 e. The molecule has 0 unspecified atom stereocenters. The summed E-state index contributed by atoms with van der Waals surface area (Å²) in [4.78, 5) is 36.7. The summed E-state index contributed by atoms with van der Waals surface area (Å²) in [6.07, 6.45) is 0.497. The topological polar surface area (TPSA) is 72.5 Å². The number of esters is 1. The number of thioether (sulfide) groups is 2. The Morgan fingerprint density at radius 3 is 2.26 bits per heavy atom. The van der Waals surface area contributed by atoms with Crippen LogP contribution in [0, 0.1) is 12.8 Å². The quantitative estimate of drug-likeness (QED) is 0.512. The molecule has 2 aromatic rings. The molecule has 0 fully saturated rings. The number of hydrogen-bond acceptors (Lipinski definition) is 6. The molecule has 0 aromatic heterocycles. The van der Waals surface area contributed by atoms with Gasteiger partial charge in [0, 0.05) is 24.2 Å². The van der Waals surface area contributed by atoms with Gasteiger partial charge in [0.15, 0.2) is 5.12 Å². The van der Waals surface area contributed by atoms with Crippen LogP contribution < -0.4 is 5.32 Å². The maximum absolute atomic E-state index is 13.0. The van der Waals surface area contributed by atoms with Crippen molar-refractivity contribution in [2.24, 2.45) is 5.92 Å². The van der Waals surface area contributed by atoms with E-state index in [1.165, 1.54) is 19.6 Å². The average Bonchev–Trinajstić information content (AvgIpc) is 2.77. The third-order valence-corrected chi connectivity index (χ3v) is 6.74. The van der Waals surface area contributed by atoms with E-state index in [0.29, 0.717) is 17.9 Å². The summed E-state index contributed by atoms with van der Waals surface area (Å²) >= 11 is 2.69. The molecule has 2 rings (SSSR count). The smallest absolute Gasteiger partial charge is 0.329 e.